The van der Waals surface area contributed by atoms with Crippen LogP contribution in [0.4, 0.5) is 0 Å². The van der Waals surface area contributed by atoms with Crippen LogP contribution < -0.4 is 4.74 Å². The van der Waals surface area contributed by atoms with E-state index in [0.717, 1.165) is 29.7 Å². The van der Waals surface area contributed by atoms with Crippen molar-refractivity contribution in [1.82, 2.24) is 0 Å². The normalized spacial score (nSPS) is 22.5. The molecule has 0 radical (unpaired) electrons. The van der Waals surface area contributed by atoms with E-state index in [4.69, 9.17) is 16.3 Å². The van der Waals surface area contributed by atoms with Crippen molar-refractivity contribution in [2.45, 2.75) is 58.8 Å². The number of benzene rings is 1. The lowest BCUT2D eigenvalue weighted by molar-refractivity contribution is 0.274. The Morgan fingerprint density at radius 1 is 1.20 bits per heavy atom. The van der Waals surface area contributed by atoms with Gasteiger partial charge in [-0.05, 0) is 66.5 Å². The van der Waals surface area contributed by atoms with Gasteiger partial charge in [-0.15, -0.1) is 0 Å². The molecule has 1 saturated carbocycles. The molecule has 2 aliphatic rings. The third-order valence-electron chi connectivity index (χ3n) is 4.75. The lowest BCUT2D eigenvalue weighted by Crippen LogP contribution is -2.23. The molecule has 0 heterocycles. The Morgan fingerprint density at radius 3 is 2.60 bits per heavy atom. The summed E-state index contributed by atoms with van der Waals surface area (Å²) >= 11 is 6.40. The largest absolute Gasteiger partial charge is 0.491 e. The summed E-state index contributed by atoms with van der Waals surface area (Å²) in [4.78, 5) is 0. The average Bonchev–Trinajstić information content (AvgIpc) is 3.19. The summed E-state index contributed by atoms with van der Waals surface area (Å²) in [5.41, 5.74) is 3.15. The first-order valence-electron chi connectivity index (χ1n) is 7.91. The molecule has 1 atom stereocenters. The zero-order valence-electron chi connectivity index (χ0n) is 12.8. The van der Waals surface area contributed by atoms with Crippen molar-refractivity contribution in [2.75, 3.05) is 6.61 Å². The molecule has 20 heavy (non-hydrogen) atoms. The van der Waals surface area contributed by atoms with Crippen LogP contribution in [0.15, 0.2) is 12.1 Å². The molecule has 0 bridgehead atoms. The van der Waals surface area contributed by atoms with Gasteiger partial charge in [-0.2, -0.15) is 0 Å². The second kappa shape index (κ2) is 5.26. The summed E-state index contributed by atoms with van der Waals surface area (Å²) in [5, 5.41) is 0.791. The van der Waals surface area contributed by atoms with E-state index >= 15 is 0 Å². The van der Waals surface area contributed by atoms with E-state index in [0.29, 0.717) is 11.3 Å². The molecule has 0 aromatic heterocycles. The van der Waals surface area contributed by atoms with E-state index in [1.54, 1.807) is 0 Å². The van der Waals surface area contributed by atoms with Crippen LogP contribution in [0.3, 0.4) is 0 Å². The third-order valence-corrected chi connectivity index (χ3v) is 5.05. The Morgan fingerprint density at radius 2 is 1.95 bits per heavy atom. The minimum Gasteiger partial charge on any atom is -0.491 e. The predicted molar refractivity (Wildman–Crippen MR) is 84.8 cm³/mol. The highest BCUT2D eigenvalue weighted by Crippen LogP contribution is 2.47. The molecule has 2 aliphatic carbocycles. The summed E-state index contributed by atoms with van der Waals surface area (Å²) < 4.78 is 6.09. The molecule has 0 N–H and O–H groups in total. The van der Waals surface area contributed by atoms with Crippen LogP contribution in [0.1, 0.15) is 63.5 Å². The first-order valence-corrected chi connectivity index (χ1v) is 8.28. The first-order chi connectivity index (χ1) is 9.47. The standard InChI is InChI=1S/C18H25ClO/c1-18(2,3)15-6-4-5-14-13(15)9-10-16(19)17(14)20-11-12-7-8-12/h9-10,12,15H,4-8,11H2,1-3H3/t15-/m1/s1. The van der Waals surface area contributed by atoms with Gasteiger partial charge in [0, 0.05) is 0 Å². The van der Waals surface area contributed by atoms with Crippen LogP contribution in [-0.2, 0) is 6.42 Å². The minimum absolute atomic E-state index is 0.302. The number of halogens is 1. The average molecular weight is 293 g/mol. The molecule has 3 rings (SSSR count). The van der Waals surface area contributed by atoms with Crippen LogP contribution in [0.5, 0.6) is 5.75 Å². The van der Waals surface area contributed by atoms with E-state index in [1.807, 2.05) is 6.07 Å². The molecule has 0 unspecified atom stereocenters. The van der Waals surface area contributed by atoms with E-state index in [1.165, 1.54) is 36.8 Å². The SMILES string of the molecule is CC(C)(C)[C@@H]1CCCc2c1ccc(Cl)c2OCC1CC1. The quantitative estimate of drug-likeness (QED) is 0.705. The van der Waals surface area contributed by atoms with Gasteiger partial charge in [-0.3, -0.25) is 0 Å². The number of rotatable bonds is 3. The van der Waals surface area contributed by atoms with Gasteiger partial charge < -0.3 is 4.74 Å². The highest BCUT2D eigenvalue weighted by atomic mass is 35.5. The van der Waals surface area contributed by atoms with E-state index in [-0.39, 0.29) is 0 Å². The maximum atomic E-state index is 6.40. The van der Waals surface area contributed by atoms with Crippen LogP contribution in [0.25, 0.3) is 0 Å². The fraction of sp³-hybridized carbons (Fsp3) is 0.667. The molecular formula is C18H25ClO. The lowest BCUT2D eigenvalue weighted by atomic mass is 9.69. The van der Waals surface area contributed by atoms with Crippen molar-refractivity contribution in [1.29, 1.82) is 0 Å². The fourth-order valence-electron chi connectivity index (χ4n) is 3.38. The van der Waals surface area contributed by atoms with Crippen LogP contribution in [0, 0.1) is 11.3 Å². The molecule has 2 heteroatoms. The van der Waals surface area contributed by atoms with Gasteiger partial charge in [0.05, 0.1) is 11.6 Å². The highest BCUT2D eigenvalue weighted by Gasteiger charge is 2.32. The molecule has 1 aromatic carbocycles. The number of fused-ring (bicyclic) bond motifs is 1. The zero-order chi connectivity index (χ0) is 14.3. The monoisotopic (exact) mass is 292 g/mol. The summed E-state index contributed by atoms with van der Waals surface area (Å²) in [6.07, 6.45) is 6.27. The van der Waals surface area contributed by atoms with Gasteiger partial charge in [0.1, 0.15) is 5.75 Å². The number of hydrogen-bond acceptors (Lipinski definition) is 1. The van der Waals surface area contributed by atoms with Crippen molar-refractivity contribution < 1.29 is 4.74 Å². The highest BCUT2D eigenvalue weighted by molar-refractivity contribution is 6.32. The van der Waals surface area contributed by atoms with Gasteiger partial charge in [-0.1, -0.05) is 38.4 Å². The zero-order valence-corrected chi connectivity index (χ0v) is 13.6. The van der Waals surface area contributed by atoms with Gasteiger partial charge in [0.15, 0.2) is 0 Å². The van der Waals surface area contributed by atoms with Gasteiger partial charge in [0.2, 0.25) is 0 Å². The molecule has 1 fully saturated rings. The molecule has 0 spiro atoms. The van der Waals surface area contributed by atoms with E-state index in [2.05, 4.69) is 26.8 Å². The Balaban J connectivity index is 1.94. The number of ether oxygens (including phenoxy) is 1. The minimum atomic E-state index is 0.302. The van der Waals surface area contributed by atoms with Gasteiger partial charge >= 0.3 is 0 Å². The second-order valence-corrected chi connectivity index (χ2v) is 7.92. The summed E-state index contributed by atoms with van der Waals surface area (Å²) in [6.45, 7) is 7.86. The van der Waals surface area contributed by atoms with Crippen LogP contribution in [-0.4, -0.2) is 6.61 Å². The molecule has 0 aliphatic heterocycles. The van der Waals surface area contributed by atoms with Crippen molar-refractivity contribution in [2.24, 2.45) is 11.3 Å². The smallest absolute Gasteiger partial charge is 0.141 e. The van der Waals surface area contributed by atoms with Crippen LogP contribution in [0.2, 0.25) is 5.02 Å². The fourth-order valence-corrected chi connectivity index (χ4v) is 3.61. The lowest BCUT2D eigenvalue weighted by Gasteiger charge is -2.36. The van der Waals surface area contributed by atoms with Gasteiger partial charge in [0.25, 0.3) is 0 Å². The van der Waals surface area contributed by atoms with Crippen molar-refractivity contribution in [3.8, 4) is 5.75 Å². The van der Waals surface area contributed by atoms with Crippen LogP contribution >= 0.6 is 11.6 Å². The molecule has 1 nitrogen and oxygen atoms in total. The Labute approximate surface area is 127 Å². The third kappa shape index (κ3) is 2.83. The second-order valence-electron chi connectivity index (χ2n) is 7.51. The van der Waals surface area contributed by atoms with Gasteiger partial charge in [-0.25, -0.2) is 0 Å². The Hall–Kier alpha value is -0.690. The van der Waals surface area contributed by atoms with E-state index < -0.39 is 0 Å². The summed E-state index contributed by atoms with van der Waals surface area (Å²) in [6, 6.07) is 4.27. The Kier molecular flexibility index (Phi) is 3.75. The maximum Gasteiger partial charge on any atom is 0.141 e. The summed E-state index contributed by atoms with van der Waals surface area (Å²) in [7, 11) is 0. The van der Waals surface area contributed by atoms with E-state index in [9.17, 15) is 0 Å². The predicted octanol–water partition coefficient (Wildman–Crippen LogP) is 5.59. The van der Waals surface area contributed by atoms with Crippen molar-refractivity contribution >= 4 is 11.6 Å². The Bertz CT molecular complexity index is 497. The molecule has 1 aromatic rings. The topological polar surface area (TPSA) is 9.23 Å². The summed E-state index contributed by atoms with van der Waals surface area (Å²) in [5.74, 6) is 2.36. The maximum absolute atomic E-state index is 6.40. The van der Waals surface area contributed by atoms with Crippen molar-refractivity contribution in [3.05, 3.63) is 28.3 Å². The van der Waals surface area contributed by atoms with Crippen molar-refractivity contribution in [3.63, 3.8) is 0 Å². The number of hydrogen-bond donors (Lipinski definition) is 0. The molecule has 0 saturated heterocycles. The molecular weight excluding hydrogens is 268 g/mol. The molecule has 0 amide bonds. The molecule has 110 valence electrons. The first kappa shape index (κ1) is 14.3.